The van der Waals surface area contributed by atoms with Gasteiger partial charge in [-0.15, -0.1) is 0 Å². The van der Waals surface area contributed by atoms with Crippen molar-refractivity contribution in [3.63, 3.8) is 0 Å². The van der Waals surface area contributed by atoms with Gasteiger partial charge < -0.3 is 15.1 Å². The van der Waals surface area contributed by atoms with E-state index in [9.17, 15) is 0 Å². The molecule has 0 atom stereocenters. The second-order valence-electron chi connectivity index (χ2n) is 0.346. The fourth-order valence-corrected chi connectivity index (χ4v) is 0. The Balaban J connectivity index is -0.0000000450. The quantitative estimate of drug-likeness (QED) is 0.451. The van der Waals surface area contributed by atoms with Crippen LogP contribution in [0.25, 0.3) is 0 Å². The largest absolute Gasteiger partial charge is 0.631 e. The van der Waals surface area contributed by atoms with Crippen LogP contribution in [0.15, 0.2) is 0 Å². The SMILES string of the molecule is OB(O)O.[Co].[W]. The van der Waals surface area contributed by atoms with E-state index in [1.54, 1.807) is 0 Å². The molecule has 0 aliphatic rings. The normalized spacial score (nSPS) is 4.50. The summed E-state index contributed by atoms with van der Waals surface area (Å²) < 4.78 is 0. The summed E-state index contributed by atoms with van der Waals surface area (Å²) >= 11 is 0. The minimum absolute atomic E-state index is 0. The molecular formula is H3BCoO3W. The van der Waals surface area contributed by atoms with Crippen LogP contribution in [0.1, 0.15) is 0 Å². The van der Waals surface area contributed by atoms with E-state index < -0.39 is 7.32 Å². The molecule has 0 aliphatic carbocycles. The molecule has 0 aromatic heterocycles. The molecular weight excluding hydrogens is 302 g/mol. The summed E-state index contributed by atoms with van der Waals surface area (Å²) in [5, 5.41) is 21.5. The first-order chi connectivity index (χ1) is 1.73. The number of hydrogen-bond donors (Lipinski definition) is 3. The van der Waals surface area contributed by atoms with Crippen LogP contribution >= 0.6 is 0 Å². The summed E-state index contributed by atoms with van der Waals surface area (Å²) in [6, 6.07) is 0. The van der Waals surface area contributed by atoms with Crippen molar-refractivity contribution in [1.29, 1.82) is 0 Å². The van der Waals surface area contributed by atoms with Gasteiger partial charge in [0.25, 0.3) is 0 Å². The topological polar surface area (TPSA) is 60.7 Å². The Hall–Kier alpha value is 1.14. The van der Waals surface area contributed by atoms with E-state index in [4.69, 9.17) is 15.1 Å². The molecule has 0 aliphatic heterocycles. The van der Waals surface area contributed by atoms with Gasteiger partial charge in [-0.05, 0) is 0 Å². The Morgan fingerprint density at radius 3 is 1.00 bits per heavy atom. The number of rotatable bonds is 0. The van der Waals surface area contributed by atoms with Crippen LogP contribution in [0, 0.1) is 0 Å². The molecule has 6 heteroatoms. The van der Waals surface area contributed by atoms with Gasteiger partial charge in [-0.25, -0.2) is 0 Å². The first kappa shape index (κ1) is 15.7. The zero-order valence-electron chi connectivity index (χ0n) is 2.66. The van der Waals surface area contributed by atoms with Gasteiger partial charge in [0.2, 0.25) is 0 Å². The van der Waals surface area contributed by atoms with Crippen molar-refractivity contribution in [2.75, 3.05) is 0 Å². The smallest absolute Gasteiger partial charge is 0.402 e. The fraction of sp³-hybridized carbons (Fsp3) is 0. The number of hydrogen-bond acceptors (Lipinski definition) is 3. The van der Waals surface area contributed by atoms with Crippen molar-refractivity contribution >= 4 is 7.32 Å². The Bertz CT molecular complexity index is 15.5. The van der Waals surface area contributed by atoms with E-state index in [0.717, 1.165) is 0 Å². The van der Waals surface area contributed by atoms with E-state index >= 15 is 0 Å². The average molecular weight is 305 g/mol. The molecule has 0 saturated carbocycles. The third-order valence-corrected chi connectivity index (χ3v) is 0. The van der Waals surface area contributed by atoms with Crippen LogP contribution in [0.2, 0.25) is 0 Å². The van der Waals surface area contributed by atoms with Crippen LogP contribution in [-0.2, 0) is 37.8 Å². The molecule has 0 aromatic carbocycles. The van der Waals surface area contributed by atoms with Crippen molar-refractivity contribution in [2.24, 2.45) is 0 Å². The van der Waals surface area contributed by atoms with E-state index in [1.165, 1.54) is 0 Å². The van der Waals surface area contributed by atoms with Gasteiger partial charge in [0.1, 0.15) is 0 Å². The third-order valence-electron chi connectivity index (χ3n) is 0. The molecule has 1 radical (unpaired) electrons. The van der Waals surface area contributed by atoms with Gasteiger partial charge in [0.15, 0.2) is 0 Å². The molecule has 39 valence electrons. The average Bonchev–Trinajstić information content (AvgIpc) is 0.811. The maximum atomic E-state index is 7.17. The minimum atomic E-state index is -2.17. The second-order valence-corrected chi connectivity index (χ2v) is 0.346. The molecule has 3 N–H and O–H groups in total. The minimum Gasteiger partial charge on any atom is -0.402 e. The Morgan fingerprint density at radius 1 is 1.00 bits per heavy atom. The van der Waals surface area contributed by atoms with Crippen LogP contribution in [0.3, 0.4) is 0 Å². The first-order valence-electron chi connectivity index (χ1n) is 0.775. The summed E-state index contributed by atoms with van der Waals surface area (Å²) in [5.41, 5.74) is 0. The first-order valence-corrected chi connectivity index (χ1v) is 0.775. The maximum Gasteiger partial charge on any atom is 0.631 e. The molecule has 0 saturated heterocycles. The van der Waals surface area contributed by atoms with Gasteiger partial charge in [-0.1, -0.05) is 0 Å². The van der Waals surface area contributed by atoms with Gasteiger partial charge in [0.05, 0.1) is 0 Å². The summed E-state index contributed by atoms with van der Waals surface area (Å²) in [6.07, 6.45) is 0. The van der Waals surface area contributed by atoms with Crippen LogP contribution in [0.5, 0.6) is 0 Å². The fourth-order valence-electron chi connectivity index (χ4n) is 0. The van der Waals surface area contributed by atoms with Crippen LogP contribution in [-0.4, -0.2) is 22.4 Å². The van der Waals surface area contributed by atoms with Crippen LogP contribution in [0.4, 0.5) is 0 Å². The van der Waals surface area contributed by atoms with Gasteiger partial charge in [-0.3, -0.25) is 0 Å². The van der Waals surface area contributed by atoms with Crippen molar-refractivity contribution in [2.45, 2.75) is 0 Å². The zero-order chi connectivity index (χ0) is 3.58. The molecule has 6 heavy (non-hydrogen) atoms. The predicted molar refractivity (Wildman–Crippen MR) is 12.4 cm³/mol. The van der Waals surface area contributed by atoms with Gasteiger partial charge in [-0.2, -0.15) is 0 Å². The second kappa shape index (κ2) is 9.46. The predicted octanol–water partition coefficient (Wildman–Crippen LogP) is -2.06. The monoisotopic (exact) mass is 305 g/mol. The van der Waals surface area contributed by atoms with E-state index in [-0.39, 0.29) is 37.8 Å². The summed E-state index contributed by atoms with van der Waals surface area (Å²) in [5.74, 6) is 0. The van der Waals surface area contributed by atoms with E-state index in [2.05, 4.69) is 0 Å². The molecule has 0 spiro atoms. The molecule has 0 aromatic rings. The van der Waals surface area contributed by atoms with E-state index in [1.807, 2.05) is 0 Å². The van der Waals surface area contributed by atoms with E-state index in [0.29, 0.717) is 0 Å². The maximum absolute atomic E-state index is 7.17. The molecule has 0 rings (SSSR count). The molecule has 0 bridgehead atoms. The molecule has 0 amide bonds. The summed E-state index contributed by atoms with van der Waals surface area (Å²) in [7, 11) is -2.17. The summed E-state index contributed by atoms with van der Waals surface area (Å²) in [4.78, 5) is 0. The third kappa shape index (κ3) is 67.8. The van der Waals surface area contributed by atoms with Gasteiger partial charge in [0, 0.05) is 37.8 Å². The molecule has 0 heterocycles. The van der Waals surface area contributed by atoms with Gasteiger partial charge >= 0.3 is 7.32 Å². The molecule has 3 nitrogen and oxygen atoms in total. The van der Waals surface area contributed by atoms with Crippen molar-refractivity contribution in [3.05, 3.63) is 0 Å². The Kier molecular flexibility index (Phi) is 24.8. The molecule has 0 unspecified atom stereocenters. The zero-order valence-corrected chi connectivity index (χ0v) is 6.64. The van der Waals surface area contributed by atoms with Crippen molar-refractivity contribution in [3.8, 4) is 0 Å². The standard InChI is InChI=1S/BH3O3.Co.W/c2-1(3)4;;/h2-4H;;. The van der Waals surface area contributed by atoms with Crippen LogP contribution < -0.4 is 0 Å². The molecule has 0 fully saturated rings. The Morgan fingerprint density at radius 2 is 1.00 bits per heavy atom. The van der Waals surface area contributed by atoms with Crippen molar-refractivity contribution < 1.29 is 52.9 Å². The van der Waals surface area contributed by atoms with Crippen molar-refractivity contribution in [1.82, 2.24) is 0 Å². The summed E-state index contributed by atoms with van der Waals surface area (Å²) in [6.45, 7) is 0. The Labute approximate surface area is 60.4 Å².